The van der Waals surface area contributed by atoms with Gasteiger partial charge in [-0.3, -0.25) is 9.88 Å². The Morgan fingerprint density at radius 2 is 1.87 bits per heavy atom. The van der Waals surface area contributed by atoms with Crippen LogP contribution in [0.5, 0.6) is 0 Å². The molecule has 4 nitrogen and oxygen atoms in total. The fourth-order valence-electron chi connectivity index (χ4n) is 2.81. The van der Waals surface area contributed by atoms with Gasteiger partial charge in [-0.05, 0) is 56.8 Å². The van der Waals surface area contributed by atoms with Gasteiger partial charge in [0.05, 0.1) is 17.1 Å². The Hall–Kier alpha value is -2.46. The Labute approximate surface area is 137 Å². The molecule has 0 atom stereocenters. The largest absolute Gasteiger partial charge is 0.296 e. The van der Waals surface area contributed by atoms with Crippen LogP contribution in [-0.4, -0.2) is 26.7 Å². The molecule has 3 aromatic rings. The molecule has 2 aromatic heterocycles. The van der Waals surface area contributed by atoms with Crippen LogP contribution in [0.15, 0.2) is 54.7 Å². The maximum absolute atomic E-state index is 4.56. The smallest absolute Gasteiger partial charge is 0.0651 e. The lowest BCUT2D eigenvalue weighted by Gasteiger charge is -2.17. The van der Waals surface area contributed by atoms with Gasteiger partial charge in [-0.1, -0.05) is 18.2 Å². The van der Waals surface area contributed by atoms with Crippen molar-refractivity contribution < 1.29 is 0 Å². The van der Waals surface area contributed by atoms with Gasteiger partial charge in [0, 0.05) is 25.0 Å². The number of hydrogen-bond donors (Lipinski definition) is 0. The van der Waals surface area contributed by atoms with Gasteiger partial charge < -0.3 is 0 Å². The van der Waals surface area contributed by atoms with Crippen molar-refractivity contribution in [2.45, 2.75) is 26.9 Å². The molecule has 4 heteroatoms. The molecular weight excluding hydrogens is 284 g/mol. The van der Waals surface area contributed by atoms with Crippen LogP contribution in [0.25, 0.3) is 5.69 Å². The van der Waals surface area contributed by atoms with E-state index < -0.39 is 0 Å². The summed E-state index contributed by atoms with van der Waals surface area (Å²) in [5, 5.41) is 4.56. The Morgan fingerprint density at radius 1 is 1.00 bits per heavy atom. The molecule has 1 aromatic carbocycles. The highest BCUT2D eigenvalue weighted by Crippen LogP contribution is 2.15. The van der Waals surface area contributed by atoms with E-state index in [0.717, 1.165) is 35.9 Å². The molecular formula is C19H22N4. The number of nitrogens with zero attached hydrogens (tertiary/aromatic N) is 4. The Balaban J connectivity index is 1.74. The summed E-state index contributed by atoms with van der Waals surface area (Å²) >= 11 is 0. The molecule has 0 spiro atoms. The van der Waals surface area contributed by atoms with Gasteiger partial charge in [-0.15, -0.1) is 0 Å². The lowest BCUT2D eigenvalue weighted by atomic mass is 10.2. The highest BCUT2D eigenvalue weighted by molar-refractivity contribution is 5.37. The van der Waals surface area contributed by atoms with Crippen molar-refractivity contribution in [3.8, 4) is 5.69 Å². The van der Waals surface area contributed by atoms with Gasteiger partial charge in [0.1, 0.15) is 0 Å². The van der Waals surface area contributed by atoms with Gasteiger partial charge in [-0.25, -0.2) is 4.68 Å². The molecule has 118 valence electrons. The van der Waals surface area contributed by atoms with Gasteiger partial charge in [0.25, 0.3) is 0 Å². The molecule has 0 saturated heterocycles. The molecule has 0 bridgehead atoms. The van der Waals surface area contributed by atoms with Crippen molar-refractivity contribution in [3.63, 3.8) is 0 Å². The van der Waals surface area contributed by atoms with Crippen molar-refractivity contribution in [2.75, 3.05) is 7.05 Å². The maximum Gasteiger partial charge on any atom is 0.0651 e. The van der Waals surface area contributed by atoms with E-state index in [2.05, 4.69) is 65.4 Å². The second kappa shape index (κ2) is 6.75. The average Bonchev–Trinajstić information content (AvgIpc) is 2.87. The zero-order valence-electron chi connectivity index (χ0n) is 13.9. The van der Waals surface area contributed by atoms with Crippen LogP contribution in [0.2, 0.25) is 0 Å². The van der Waals surface area contributed by atoms with E-state index in [-0.39, 0.29) is 0 Å². The Morgan fingerprint density at radius 3 is 2.57 bits per heavy atom. The predicted octanol–water partition coefficient (Wildman–Crippen LogP) is 3.52. The fourth-order valence-corrected chi connectivity index (χ4v) is 2.81. The van der Waals surface area contributed by atoms with Gasteiger partial charge >= 0.3 is 0 Å². The van der Waals surface area contributed by atoms with Gasteiger partial charge in [0.2, 0.25) is 0 Å². The van der Waals surface area contributed by atoms with Crippen molar-refractivity contribution in [1.29, 1.82) is 0 Å². The summed E-state index contributed by atoms with van der Waals surface area (Å²) in [5.41, 5.74) is 5.67. The molecule has 23 heavy (non-hydrogen) atoms. The lowest BCUT2D eigenvalue weighted by molar-refractivity contribution is 0.315. The minimum Gasteiger partial charge on any atom is -0.296 e. The van der Waals surface area contributed by atoms with E-state index in [1.165, 1.54) is 5.56 Å². The molecule has 0 aliphatic rings. The summed E-state index contributed by atoms with van der Waals surface area (Å²) in [7, 11) is 2.12. The van der Waals surface area contributed by atoms with E-state index in [4.69, 9.17) is 0 Å². The molecule has 3 rings (SSSR count). The first-order valence-corrected chi connectivity index (χ1v) is 7.83. The quantitative estimate of drug-likeness (QED) is 0.723. The molecule has 0 aliphatic carbocycles. The normalized spacial score (nSPS) is 11.1. The number of aryl methyl sites for hydroxylation is 2. The summed E-state index contributed by atoms with van der Waals surface area (Å²) < 4.78 is 2.00. The Kier molecular flexibility index (Phi) is 4.53. The molecule has 0 unspecified atom stereocenters. The summed E-state index contributed by atoms with van der Waals surface area (Å²) in [6.45, 7) is 5.82. The van der Waals surface area contributed by atoms with Crippen LogP contribution in [0.1, 0.15) is 22.6 Å². The van der Waals surface area contributed by atoms with E-state index in [9.17, 15) is 0 Å². The zero-order chi connectivity index (χ0) is 16.2. The summed E-state index contributed by atoms with van der Waals surface area (Å²) in [6.07, 6.45) is 1.84. The van der Waals surface area contributed by atoms with Crippen LogP contribution in [0.3, 0.4) is 0 Å². The van der Waals surface area contributed by atoms with Crippen LogP contribution in [0.4, 0.5) is 0 Å². The highest BCUT2D eigenvalue weighted by Gasteiger charge is 2.06. The standard InChI is InChI=1S/C19H22N4/c1-15-11-16(2)23(21-15)19-9-6-7-17(12-19)13-22(3)14-18-8-4-5-10-20-18/h4-12H,13-14H2,1-3H3. The minimum absolute atomic E-state index is 0.838. The van der Waals surface area contributed by atoms with Crippen LogP contribution < -0.4 is 0 Å². The number of benzene rings is 1. The average molecular weight is 306 g/mol. The zero-order valence-corrected chi connectivity index (χ0v) is 13.9. The van der Waals surface area contributed by atoms with Crippen molar-refractivity contribution in [1.82, 2.24) is 19.7 Å². The second-order valence-corrected chi connectivity index (χ2v) is 6.00. The second-order valence-electron chi connectivity index (χ2n) is 6.00. The SMILES string of the molecule is Cc1cc(C)n(-c2cccc(CN(C)Cc3ccccn3)c2)n1. The minimum atomic E-state index is 0.838. The molecule has 0 amide bonds. The first-order chi connectivity index (χ1) is 11.1. The van der Waals surface area contributed by atoms with E-state index >= 15 is 0 Å². The molecule has 0 fully saturated rings. The molecule has 0 saturated carbocycles. The predicted molar refractivity (Wildman–Crippen MR) is 92.4 cm³/mol. The van der Waals surface area contributed by atoms with Gasteiger partial charge in [0.15, 0.2) is 0 Å². The summed E-state index contributed by atoms with van der Waals surface area (Å²) in [4.78, 5) is 6.65. The topological polar surface area (TPSA) is 34.0 Å². The number of rotatable bonds is 5. The maximum atomic E-state index is 4.56. The third-order valence-electron chi connectivity index (χ3n) is 3.78. The van der Waals surface area contributed by atoms with E-state index in [0.29, 0.717) is 0 Å². The fraction of sp³-hybridized carbons (Fsp3) is 0.263. The molecule has 2 heterocycles. The molecule has 0 radical (unpaired) electrons. The number of aromatic nitrogens is 3. The summed E-state index contributed by atoms with van der Waals surface area (Å²) in [5.74, 6) is 0. The van der Waals surface area contributed by atoms with Crippen molar-refractivity contribution >= 4 is 0 Å². The van der Waals surface area contributed by atoms with Crippen LogP contribution in [0, 0.1) is 13.8 Å². The third-order valence-corrected chi connectivity index (χ3v) is 3.78. The highest BCUT2D eigenvalue weighted by atomic mass is 15.3. The van der Waals surface area contributed by atoms with Crippen LogP contribution in [-0.2, 0) is 13.1 Å². The first-order valence-electron chi connectivity index (χ1n) is 7.83. The number of hydrogen-bond acceptors (Lipinski definition) is 3. The van der Waals surface area contributed by atoms with Gasteiger partial charge in [-0.2, -0.15) is 5.10 Å². The van der Waals surface area contributed by atoms with Crippen LogP contribution >= 0.6 is 0 Å². The third kappa shape index (κ3) is 3.85. The molecule has 0 aliphatic heterocycles. The monoisotopic (exact) mass is 306 g/mol. The number of pyridine rings is 1. The van der Waals surface area contributed by atoms with E-state index in [1.807, 2.05) is 29.9 Å². The Bertz CT molecular complexity index is 777. The first kappa shape index (κ1) is 15.4. The molecule has 0 N–H and O–H groups in total. The van der Waals surface area contributed by atoms with Crippen molar-refractivity contribution in [3.05, 3.63) is 77.4 Å². The van der Waals surface area contributed by atoms with E-state index in [1.54, 1.807) is 0 Å². The summed E-state index contributed by atoms with van der Waals surface area (Å²) in [6, 6.07) is 16.7. The van der Waals surface area contributed by atoms with Crippen molar-refractivity contribution in [2.24, 2.45) is 0 Å². The lowest BCUT2D eigenvalue weighted by Crippen LogP contribution is -2.18.